The zero-order valence-corrected chi connectivity index (χ0v) is 15.3. The summed E-state index contributed by atoms with van der Waals surface area (Å²) in [4.78, 5) is 14.4. The second-order valence-electron chi connectivity index (χ2n) is 5.96. The van der Waals surface area contributed by atoms with Crippen molar-refractivity contribution in [2.24, 2.45) is 5.92 Å². The lowest BCUT2D eigenvalue weighted by Crippen LogP contribution is -2.36. The van der Waals surface area contributed by atoms with E-state index >= 15 is 0 Å². The number of nitrogens with one attached hydrogen (secondary N) is 2. The Labute approximate surface area is 150 Å². The Balaban J connectivity index is 0.00000264. The second-order valence-corrected chi connectivity index (χ2v) is 6.36. The number of carbonyl (C=O) groups is 1. The minimum absolute atomic E-state index is 0. The molecule has 0 bridgehead atoms. The lowest BCUT2D eigenvalue weighted by atomic mass is 9.93. The van der Waals surface area contributed by atoms with Crippen molar-refractivity contribution in [1.82, 2.24) is 10.2 Å². The van der Waals surface area contributed by atoms with Gasteiger partial charge in [0.2, 0.25) is 5.91 Å². The molecule has 0 atom stereocenters. The number of likely N-dealkylation sites (tertiary alicyclic amines) is 1. The second kappa shape index (κ2) is 10.9. The summed E-state index contributed by atoms with van der Waals surface area (Å²) in [6.07, 6.45) is 4.27. The minimum Gasteiger partial charge on any atom is -0.325 e. The molecule has 6 heteroatoms. The first kappa shape index (κ1) is 20.2. The number of piperidine rings is 1. The number of amides is 1. The predicted octanol–water partition coefficient (Wildman–Crippen LogP) is 3.41. The molecule has 130 valence electrons. The number of benzene rings is 1. The molecule has 2 N–H and O–H groups in total. The Hall–Kier alpha value is -0.810. The quantitative estimate of drug-likeness (QED) is 0.783. The van der Waals surface area contributed by atoms with Crippen molar-refractivity contribution in [2.45, 2.75) is 25.7 Å². The van der Waals surface area contributed by atoms with Crippen LogP contribution in [0.3, 0.4) is 0 Å². The van der Waals surface area contributed by atoms with Crippen molar-refractivity contribution in [1.29, 1.82) is 0 Å². The van der Waals surface area contributed by atoms with E-state index in [1.165, 1.54) is 19.3 Å². The maximum Gasteiger partial charge on any atom is 0.225 e. The Bertz CT molecular complexity index is 477. The van der Waals surface area contributed by atoms with E-state index in [0.717, 1.165) is 32.1 Å². The van der Waals surface area contributed by atoms with E-state index < -0.39 is 0 Å². The van der Waals surface area contributed by atoms with Crippen molar-refractivity contribution in [3.05, 3.63) is 29.3 Å². The van der Waals surface area contributed by atoms with Crippen molar-refractivity contribution in [3.8, 4) is 0 Å². The van der Waals surface area contributed by atoms with Gasteiger partial charge in [-0.3, -0.25) is 4.79 Å². The molecule has 1 saturated heterocycles. The van der Waals surface area contributed by atoms with E-state index in [1.807, 2.05) is 25.2 Å². The van der Waals surface area contributed by atoms with Gasteiger partial charge in [-0.25, -0.2) is 0 Å². The molecule has 0 unspecified atom stereocenters. The SMILES string of the molecule is CNCCC1CCN(CCC(=O)Nc2ccccc2Cl)CC1.Cl. The van der Waals surface area contributed by atoms with Gasteiger partial charge < -0.3 is 15.5 Å². The highest BCUT2D eigenvalue weighted by Crippen LogP contribution is 2.21. The Morgan fingerprint density at radius 3 is 2.65 bits per heavy atom. The number of hydrogen-bond acceptors (Lipinski definition) is 3. The van der Waals surface area contributed by atoms with Gasteiger partial charge in [-0.15, -0.1) is 12.4 Å². The smallest absolute Gasteiger partial charge is 0.225 e. The van der Waals surface area contributed by atoms with Gasteiger partial charge in [0, 0.05) is 13.0 Å². The van der Waals surface area contributed by atoms with Crippen LogP contribution in [0.1, 0.15) is 25.7 Å². The number of para-hydroxylation sites is 1. The summed E-state index contributed by atoms with van der Waals surface area (Å²) in [6.45, 7) is 4.14. The molecular formula is C17H27Cl2N3O. The molecule has 1 aromatic rings. The third kappa shape index (κ3) is 7.08. The van der Waals surface area contributed by atoms with E-state index in [9.17, 15) is 4.79 Å². The van der Waals surface area contributed by atoms with Crippen LogP contribution in [0, 0.1) is 5.92 Å². The summed E-state index contributed by atoms with van der Waals surface area (Å²) in [7, 11) is 2.01. The van der Waals surface area contributed by atoms with Crippen LogP contribution in [0.15, 0.2) is 24.3 Å². The number of anilines is 1. The van der Waals surface area contributed by atoms with Gasteiger partial charge in [-0.05, 0) is 64.0 Å². The minimum atomic E-state index is 0. The third-order valence-electron chi connectivity index (χ3n) is 4.31. The van der Waals surface area contributed by atoms with Crippen molar-refractivity contribution in [3.63, 3.8) is 0 Å². The van der Waals surface area contributed by atoms with Crippen LogP contribution in [-0.2, 0) is 4.79 Å². The lowest BCUT2D eigenvalue weighted by molar-refractivity contribution is -0.116. The van der Waals surface area contributed by atoms with Gasteiger partial charge in [0.05, 0.1) is 10.7 Å². The van der Waals surface area contributed by atoms with E-state index in [4.69, 9.17) is 11.6 Å². The Morgan fingerprint density at radius 2 is 2.00 bits per heavy atom. The van der Waals surface area contributed by atoms with E-state index in [0.29, 0.717) is 17.1 Å². The van der Waals surface area contributed by atoms with Crippen LogP contribution in [-0.4, -0.2) is 44.0 Å². The van der Waals surface area contributed by atoms with Crippen LogP contribution in [0.25, 0.3) is 0 Å². The molecule has 4 nitrogen and oxygen atoms in total. The van der Waals surface area contributed by atoms with E-state index in [2.05, 4.69) is 15.5 Å². The molecule has 0 radical (unpaired) electrons. The van der Waals surface area contributed by atoms with E-state index in [-0.39, 0.29) is 18.3 Å². The van der Waals surface area contributed by atoms with Crippen LogP contribution >= 0.6 is 24.0 Å². The van der Waals surface area contributed by atoms with Crippen LogP contribution < -0.4 is 10.6 Å². The number of hydrogen-bond donors (Lipinski definition) is 2. The molecule has 0 aromatic heterocycles. The standard InChI is InChI=1S/C17H26ClN3O.ClH/c1-19-10-6-14-7-11-21(12-8-14)13-9-17(22)20-16-5-3-2-4-15(16)18;/h2-5,14,19H,6-13H2,1H3,(H,20,22);1H. The molecule has 0 aliphatic carbocycles. The molecule has 0 spiro atoms. The van der Waals surface area contributed by atoms with Crippen molar-refractivity contribution >= 4 is 35.6 Å². The van der Waals surface area contributed by atoms with Crippen LogP contribution in [0.5, 0.6) is 0 Å². The van der Waals surface area contributed by atoms with Gasteiger partial charge in [-0.2, -0.15) is 0 Å². The van der Waals surface area contributed by atoms with Gasteiger partial charge >= 0.3 is 0 Å². The predicted molar refractivity (Wildman–Crippen MR) is 99.7 cm³/mol. The first-order chi connectivity index (χ1) is 10.7. The summed E-state index contributed by atoms with van der Waals surface area (Å²) >= 11 is 6.04. The van der Waals surface area contributed by atoms with Gasteiger partial charge in [0.25, 0.3) is 0 Å². The molecular weight excluding hydrogens is 333 g/mol. The molecule has 1 aliphatic heterocycles. The van der Waals surface area contributed by atoms with Crippen LogP contribution in [0.2, 0.25) is 5.02 Å². The molecule has 0 saturated carbocycles. The lowest BCUT2D eigenvalue weighted by Gasteiger charge is -2.31. The Kier molecular flexibility index (Phi) is 9.56. The first-order valence-electron chi connectivity index (χ1n) is 8.10. The highest BCUT2D eigenvalue weighted by atomic mass is 35.5. The fraction of sp³-hybridized carbons (Fsp3) is 0.588. The molecule has 1 heterocycles. The average molecular weight is 360 g/mol. The number of carbonyl (C=O) groups excluding carboxylic acids is 1. The summed E-state index contributed by atoms with van der Waals surface area (Å²) in [6, 6.07) is 7.34. The fourth-order valence-electron chi connectivity index (χ4n) is 2.88. The van der Waals surface area contributed by atoms with Gasteiger partial charge in [0.15, 0.2) is 0 Å². The summed E-state index contributed by atoms with van der Waals surface area (Å²) < 4.78 is 0. The molecule has 2 rings (SSSR count). The molecule has 1 amide bonds. The largest absolute Gasteiger partial charge is 0.325 e. The van der Waals surface area contributed by atoms with Gasteiger partial charge in [-0.1, -0.05) is 23.7 Å². The van der Waals surface area contributed by atoms with E-state index in [1.54, 1.807) is 6.07 Å². The van der Waals surface area contributed by atoms with Crippen LogP contribution in [0.4, 0.5) is 5.69 Å². The zero-order chi connectivity index (χ0) is 15.8. The van der Waals surface area contributed by atoms with Gasteiger partial charge in [0.1, 0.15) is 0 Å². The third-order valence-corrected chi connectivity index (χ3v) is 4.64. The topological polar surface area (TPSA) is 44.4 Å². The Morgan fingerprint density at radius 1 is 1.30 bits per heavy atom. The average Bonchev–Trinajstić information content (AvgIpc) is 2.54. The molecule has 1 aromatic carbocycles. The molecule has 1 fully saturated rings. The number of nitrogens with zero attached hydrogens (tertiary/aromatic N) is 1. The van der Waals surface area contributed by atoms with Crippen molar-refractivity contribution < 1.29 is 4.79 Å². The van der Waals surface area contributed by atoms with Crippen molar-refractivity contribution in [2.75, 3.05) is 38.5 Å². The molecule has 1 aliphatic rings. The molecule has 23 heavy (non-hydrogen) atoms. The normalized spacial score (nSPS) is 15.9. The number of rotatable bonds is 7. The zero-order valence-electron chi connectivity index (χ0n) is 13.7. The highest BCUT2D eigenvalue weighted by Gasteiger charge is 2.19. The monoisotopic (exact) mass is 359 g/mol. The maximum absolute atomic E-state index is 12.0. The maximum atomic E-state index is 12.0. The summed E-state index contributed by atoms with van der Waals surface area (Å²) in [5.74, 6) is 0.867. The first-order valence-corrected chi connectivity index (χ1v) is 8.48. The fourth-order valence-corrected chi connectivity index (χ4v) is 3.07. The summed E-state index contributed by atoms with van der Waals surface area (Å²) in [5, 5.41) is 6.68. The summed E-state index contributed by atoms with van der Waals surface area (Å²) in [5.41, 5.74) is 0.694. The number of halogens is 2. The highest BCUT2D eigenvalue weighted by molar-refractivity contribution is 6.33.